The number of esters is 1. The fourth-order valence-corrected chi connectivity index (χ4v) is 3.48. The zero-order chi connectivity index (χ0) is 14.7. The SMILES string of the molecule is C=C(C)[C@@H]1CC[C@@H](C(=O)OC)C[C@H]1c1ccc(Br)cc1. The molecule has 3 atom stereocenters. The maximum Gasteiger partial charge on any atom is 0.308 e. The summed E-state index contributed by atoms with van der Waals surface area (Å²) in [6, 6.07) is 8.41. The van der Waals surface area contributed by atoms with Crippen LogP contribution in [0.2, 0.25) is 0 Å². The molecular formula is C17H21BrO2. The van der Waals surface area contributed by atoms with Crippen molar-refractivity contribution in [2.45, 2.75) is 32.1 Å². The molecule has 0 spiro atoms. The third-order valence-electron chi connectivity index (χ3n) is 4.32. The van der Waals surface area contributed by atoms with Gasteiger partial charge in [-0.2, -0.15) is 0 Å². The van der Waals surface area contributed by atoms with Gasteiger partial charge in [0.2, 0.25) is 0 Å². The van der Waals surface area contributed by atoms with Crippen LogP contribution in [0.15, 0.2) is 40.9 Å². The van der Waals surface area contributed by atoms with Crippen molar-refractivity contribution in [3.05, 3.63) is 46.5 Å². The fraction of sp³-hybridized carbons (Fsp3) is 0.471. The molecule has 108 valence electrons. The summed E-state index contributed by atoms with van der Waals surface area (Å²) in [5, 5.41) is 0. The van der Waals surface area contributed by atoms with E-state index < -0.39 is 0 Å². The normalized spacial score (nSPS) is 26.1. The average Bonchev–Trinajstić information content (AvgIpc) is 2.46. The number of hydrogen-bond donors (Lipinski definition) is 0. The molecule has 1 aromatic carbocycles. The molecule has 20 heavy (non-hydrogen) atoms. The predicted molar refractivity (Wildman–Crippen MR) is 84.5 cm³/mol. The van der Waals surface area contributed by atoms with Gasteiger partial charge >= 0.3 is 5.97 Å². The first-order valence-corrected chi connectivity index (χ1v) is 7.81. The standard InChI is InChI=1S/C17H21BrO2/c1-11(2)15-9-6-13(17(19)20-3)10-16(15)12-4-7-14(18)8-5-12/h4-5,7-8,13,15-16H,1,6,9-10H2,2-3H3/t13-,15+,16+/m1/s1. The van der Waals surface area contributed by atoms with E-state index >= 15 is 0 Å². The van der Waals surface area contributed by atoms with E-state index in [2.05, 4.69) is 53.7 Å². The summed E-state index contributed by atoms with van der Waals surface area (Å²) in [6.07, 6.45) is 2.76. The van der Waals surface area contributed by atoms with E-state index in [1.165, 1.54) is 18.2 Å². The third kappa shape index (κ3) is 3.32. The minimum Gasteiger partial charge on any atom is -0.469 e. The topological polar surface area (TPSA) is 26.3 Å². The third-order valence-corrected chi connectivity index (χ3v) is 4.84. The number of rotatable bonds is 3. The van der Waals surface area contributed by atoms with Gasteiger partial charge in [0, 0.05) is 4.47 Å². The zero-order valence-corrected chi connectivity index (χ0v) is 13.7. The zero-order valence-electron chi connectivity index (χ0n) is 12.1. The highest BCUT2D eigenvalue weighted by atomic mass is 79.9. The van der Waals surface area contributed by atoms with Crippen molar-refractivity contribution < 1.29 is 9.53 Å². The second-order valence-electron chi connectivity index (χ2n) is 5.64. The summed E-state index contributed by atoms with van der Waals surface area (Å²) in [4.78, 5) is 11.8. The lowest BCUT2D eigenvalue weighted by Crippen LogP contribution is -2.29. The van der Waals surface area contributed by atoms with Gasteiger partial charge < -0.3 is 4.74 Å². The Morgan fingerprint density at radius 3 is 2.50 bits per heavy atom. The summed E-state index contributed by atoms with van der Waals surface area (Å²) in [5.41, 5.74) is 2.50. The van der Waals surface area contributed by atoms with E-state index in [1.807, 2.05) is 0 Å². The molecule has 2 rings (SSSR count). The minimum absolute atomic E-state index is 0.0178. The van der Waals surface area contributed by atoms with Crippen LogP contribution in [0.1, 0.15) is 37.7 Å². The van der Waals surface area contributed by atoms with Crippen LogP contribution in [0.4, 0.5) is 0 Å². The van der Waals surface area contributed by atoms with Crippen molar-refractivity contribution in [1.82, 2.24) is 0 Å². The molecule has 1 saturated carbocycles. The molecule has 1 fully saturated rings. The van der Waals surface area contributed by atoms with Crippen molar-refractivity contribution >= 4 is 21.9 Å². The highest BCUT2D eigenvalue weighted by Gasteiger charge is 2.35. The highest BCUT2D eigenvalue weighted by molar-refractivity contribution is 9.10. The number of carbonyl (C=O) groups is 1. The van der Waals surface area contributed by atoms with E-state index in [0.717, 1.165) is 23.7 Å². The molecule has 0 unspecified atom stereocenters. The Kier molecular flexibility index (Phi) is 5.03. The van der Waals surface area contributed by atoms with Crippen molar-refractivity contribution in [1.29, 1.82) is 0 Å². The largest absolute Gasteiger partial charge is 0.469 e. The van der Waals surface area contributed by atoms with Gasteiger partial charge in [0.25, 0.3) is 0 Å². The summed E-state index contributed by atoms with van der Waals surface area (Å²) >= 11 is 3.47. The molecule has 0 aliphatic heterocycles. The van der Waals surface area contributed by atoms with E-state index in [9.17, 15) is 4.79 Å². The van der Waals surface area contributed by atoms with Gasteiger partial charge in [-0.3, -0.25) is 4.79 Å². The van der Waals surface area contributed by atoms with Gasteiger partial charge in [-0.05, 0) is 55.7 Å². The Labute approximate surface area is 129 Å². The number of hydrogen-bond acceptors (Lipinski definition) is 2. The van der Waals surface area contributed by atoms with Gasteiger partial charge in [0.05, 0.1) is 13.0 Å². The van der Waals surface area contributed by atoms with Crippen molar-refractivity contribution in [3.8, 4) is 0 Å². The van der Waals surface area contributed by atoms with Gasteiger partial charge in [-0.25, -0.2) is 0 Å². The lowest BCUT2D eigenvalue weighted by atomic mass is 9.69. The molecule has 3 heteroatoms. The van der Waals surface area contributed by atoms with Gasteiger partial charge in [-0.15, -0.1) is 0 Å². The molecule has 0 radical (unpaired) electrons. The number of halogens is 1. The van der Waals surface area contributed by atoms with Crippen LogP contribution in [-0.2, 0) is 9.53 Å². The Morgan fingerprint density at radius 2 is 1.95 bits per heavy atom. The Bertz CT molecular complexity index is 492. The number of benzene rings is 1. The summed E-state index contributed by atoms with van der Waals surface area (Å²) in [6.45, 7) is 6.23. The van der Waals surface area contributed by atoms with Crippen molar-refractivity contribution in [2.75, 3.05) is 7.11 Å². The Balaban J connectivity index is 2.25. The minimum atomic E-state index is -0.0766. The Morgan fingerprint density at radius 1 is 1.30 bits per heavy atom. The first-order chi connectivity index (χ1) is 9.52. The lowest BCUT2D eigenvalue weighted by molar-refractivity contribution is -0.147. The first-order valence-electron chi connectivity index (χ1n) is 7.01. The molecule has 0 amide bonds. The summed E-state index contributed by atoms with van der Waals surface area (Å²) < 4.78 is 6.00. The van der Waals surface area contributed by atoms with Crippen LogP contribution in [0.3, 0.4) is 0 Å². The molecule has 1 aromatic rings. The number of carbonyl (C=O) groups excluding carboxylic acids is 1. The molecule has 0 heterocycles. The van der Waals surface area contributed by atoms with Crippen LogP contribution in [0, 0.1) is 11.8 Å². The van der Waals surface area contributed by atoms with E-state index in [1.54, 1.807) is 0 Å². The molecule has 0 N–H and O–H groups in total. The lowest BCUT2D eigenvalue weighted by Gasteiger charge is -2.36. The van der Waals surface area contributed by atoms with Gasteiger partial charge in [0.15, 0.2) is 0 Å². The quantitative estimate of drug-likeness (QED) is 0.590. The maximum atomic E-state index is 11.8. The number of ether oxygens (including phenoxy) is 1. The molecule has 0 aromatic heterocycles. The van der Waals surface area contributed by atoms with Crippen LogP contribution in [-0.4, -0.2) is 13.1 Å². The molecule has 0 saturated heterocycles. The van der Waals surface area contributed by atoms with Crippen LogP contribution >= 0.6 is 15.9 Å². The first kappa shape index (κ1) is 15.3. The van der Waals surface area contributed by atoms with Crippen molar-refractivity contribution in [2.24, 2.45) is 11.8 Å². The molecule has 1 aliphatic carbocycles. The van der Waals surface area contributed by atoms with E-state index in [-0.39, 0.29) is 11.9 Å². The van der Waals surface area contributed by atoms with Crippen LogP contribution < -0.4 is 0 Å². The van der Waals surface area contributed by atoms with Gasteiger partial charge in [-0.1, -0.05) is 40.2 Å². The second-order valence-corrected chi connectivity index (χ2v) is 6.56. The molecule has 1 aliphatic rings. The molecule has 0 bridgehead atoms. The summed E-state index contributed by atoms with van der Waals surface area (Å²) in [5.74, 6) is 0.757. The monoisotopic (exact) mass is 336 g/mol. The molecule has 2 nitrogen and oxygen atoms in total. The summed E-state index contributed by atoms with van der Waals surface area (Å²) in [7, 11) is 1.47. The van der Waals surface area contributed by atoms with Crippen LogP contribution in [0.5, 0.6) is 0 Å². The fourth-order valence-electron chi connectivity index (χ4n) is 3.22. The van der Waals surface area contributed by atoms with Crippen molar-refractivity contribution in [3.63, 3.8) is 0 Å². The van der Waals surface area contributed by atoms with Gasteiger partial charge in [0.1, 0.15) is 0 Å². The predicted octanol–water partition coefficient (Wildman–Crippen LogP) is 4.70. The highest BCUT2D eigenvalue weighted by Crippen LogP contribution is 2.44. The average molecular weight is 337 g/mol. The number of allylic oxidation sites excluding steroid dienone is 1. The Hall–Kier alpha value is -1.09. The second kappa shape index (κ2) is 6.57. The van der Waals surface area contributed by atoms with E-state index in [4.69, 9.17) is 4.74 Å². The van der Waals surface area contributed by atoms with E-state index in [0.29, 0.717) is 11.8 Å². The smallest absolute Gasteiger partial charge is 0.308 e. The molecular weight excluding hydrogens is 316 g/mol. The number of methoxy groups -OCH3 is 1. The van der Waals surface area contributed by atoms with Crippen LogP contribution in [0.25, 0.3) is 0 Å². The maximum absolute atomic E-state index is 11.8.